The molecule has 0 radical (unpaired) electrons. The van der Waals surface area contributed by atoms with Crippen molar-refractivity contribution in [1.82, 2.24) is 5.32 Å². The number of nitrogens with one attached hydrogen (secondary N) is 1. The molecule has 0 saturated heterocycles. The lowest BCUT2D eigenvalue weighted by atomic mass is 9.90. The Morgan fingerprint density at radius 2 is 1.95 bits per heavy atom. The standard InChI is InChI=1S/C11H20N2O6/c1-3-4-8(17)11(12,13-6(2)15)10(19)9(18)7(16)5-14/h3,7,9-10,14,16,18-19H,1,4-5,12H2,2H3,(H,13,15)/t7?,9-,10+,11+/m1/s1. The normalized spacial score (nSPS) is 18.8. The molecule has 0 fully saturated rings. The van der Waals surface area contributed by atoms with Crippen LogP contribution in [0.15, 0.2) is 12.7 Å². The molecule has 0 aliphatic heterocycles. The highest BCUT2D eigenvalue weighted by Gasteiger charge is 2.46. The van der Waals surface area contributed by atoms with Gasteiger partial charge in [0.15, 0.2) is 11.4 Å². The highest BCUT2D eigenvalue weighted by Crippen LogP contribution is 2.14. The summed E-state index contributed by atoms with van der Waals surface area (Å²) in [6.45, 7) is 3.56. The third-order valence-corrected chi connectivity index (χ3v) is 2.55. The topological polar surface area (TPSA) is 153 Å². The Balaban J connectivity index is 5.28. The number of Topliss-reactive ketones (excluding diaryl/α,β-unsaturated/α-hetero) is 1. The first kappa shape index (κ1) is 17.7. The van der Waals surface area contributed by atoms with E-state index in [0.29, 0.717) is 0 Å². The third-order valence-electron chi connectivity index (χ3n) is 2.55. The maximum absolute atomic E-state index is 11.8. The Kier molecular flexibility index (Phi) is 6.81. The molecule has 0 rings (SSSR count). The molecular formula is C11H20N2O6. The van der Waals surface area contributed by atoms with Crippen LogP contribution in [-0.2, 0) is 9.59 Å². The Morgan fingerprint density at radius 1 is 1.42 bits per heavy atom. The molecule has 0 aromatic carbocycles. The number of carbonyl (C=O) groups excluding carboxylic acids is 2. The van der Waals surface area contributed by atoms with Crippen LogP contribution >= 0.6 is 0 Å². The number of aliphatic hydroxyl groups is 4. The molecule has 0 spiro atoms. The van der Waals surface area contributed by atoms with Gasteiger partial charge in [-0.15, -0.1) is 6.58 Å². The fourth-order valence-electron chi connectivity index (χ4n) is 1.49. The van der Waals surface area contributed by atoms with Gasteiger partial charge in [0, 0.05) is 13.3 Å². The molecule has 110 valence electrons. The van der Waals surface area contributed by atoms with Crippen molar-refractivity contribution in [3.8, 4) is 0 Å². The van der Waals surface area contributed by atoms with Crippen molar-refractivity contribution in [2.45, 2.75) is 37.3 Å². The molecule has 0 aromatic rings. The van der Waals surface area contributed by atoms with Gasteiger partial charge in [0.1, 0.15) is 18.3 Å². The second-order valence-corrected chi connectivity index (χ2v) is 4.15. The van der Waals surface area contributed by atoms with Gasteiger partial charge in [-0.2, -0.15) is 0 Å². The molecule has 0 aliphatic rings. The van der Waals surface area contributed by atoms with Gasteiger partial charge in [0.25, 0.3) is 0 Å². The highest BCUT2D eigenvalue weighted by molar-refractivity contribution is 5.93. The second kappa shape index (κ2) is 7.31. The van der Waals surface area contributed by atoms with E-state index in [2.05, 4.69) is 6.58 Å². The van der Waals surface area contributed by atoms with Crippen molar-refractivity contribution in [2.24, 2.45) is 5.73 Å². The second-order valence-electron chi connectivity index (χ2n) is 4.15. The summed E-state index contributed by atoms with van der Waals surface area (Å²) in [4.78, 5) is 22.9. The molecule has 4 atom stereocenters. The Labute approximate surface area is 110 Å². The zero-order valence-electron chi connectivity index (χ0n) is 10.6. The lowest BCUT2D eigenvalue weighted by Gasteiger charge is -2.36. The molecular weight excluding hydrogens is 256 g/mol. The lowest BCUT2D eigenvalue weighted by Crippen LogP contribution is -2.71. The molecule has 8 nitrogen and oxygen atoms in total. The van der Waals surface area contributed by atoms with E-state index in [0.717, 1.165) is 6.92 Å². The minimum absolute atomic E-state index is 0.254. The van der Waals surface area contributed by atoms with E-state index in [4.69, 9.17) is 10.8 Å². The molecule has 0 heterocycles. The minimum atomic E-state index is -2.28. The van der Waals surface area contributed by atoms with Crippen LogP contribution in [0.3, 0.4) is 0 Å². The molecule has 8 heteroatoms. The zero-order valence-corrected chi connectivity index (χ0v) is 10.6. The van der Waals surface area contributed by atoms with Crippen LogP contribution in [0.2, 0.25) is 0 Å². The van der Waals surface area contributed by atoms with E-state index in [1.54, 1.807) is 0 Å². The number of hydrogen-bond donors (Lipinski definition) is 6. The minimum Gasteiger partial charge on any atom is -0.394 e. The number of allylic oxidation sites excluding steroid dienone is 1. The van der Waals surface area contributed by atoms with E-state index in [-0.39, 0.29) is 6.42 Å². The molecule has 19 heavy (non-hydrogen) atoms. The van der Waals surface area contributed by atoms with Gasteiger partial charge in [-0.05, 0) is 0 Å². The van der Waals surface area contributed by atoms with Gasteiger partial charge < -0.3 is 31.5 Å². The van der Waals surface area contributed by atoms with Crippen molar-refractivity contribution >= 4 is 11.7 Å². The SMILES string of the molecule is C=CCC(=O)[C@](N)(NC(C)=O)[C@@H](O)[C@H](O)C(O)CO. The number of ketones is 1. The van der Waals surface area contributed by atoms with Crippen molar-refractivity contribution in [3.05, 3.63) is 12.7 Å². The molecule has 0 aromatic heterocycles. The average Bonchev–Trinajstić information content (AvgIpc) is 2.35. The van der Waals surface area contributed by atoms with Crippen LogP contribution in [0.5, 0.6) is 0 Å². The molecule has 0 saturated carbocycles. The van der Waals surface area contributed by atoms with E-state index >= 15 is 0 Å². The van der Waals surface area contributed by atoms with Crippen LogP contribution in [0.1, 0.15) is 13.3 Å². The van der Waals surface area contributed by atoms with Crippen LogP contribution < -0.4 is 11.1 Å². The van der Waals surface area contributed by atoms with Crippen molar-refractivity contribution in [1.29, 1.82) is 0 Å². The predicted molar refractivity (Wildman–Crippen MR) is 65.7 cm³/mol. The summed E-state index contributed by atoms with van der Waals surface area (Å²) in [5.41, 5.74) is 3.35. The van der Waals surface area contributed by atoms with Crippen molar-refractivity contribution in [2.75, 3.05) is 6.61 Å². The van der Waals surface area contributed by atoms with E-state index in [1.165, 1.54) is 6.08 Å². The van der Waals surface area contributed by atoms with Gasteiger partial charge in [-0.1, -0.05) is 6.08 Å². The molecule has 1 unspecified atom stereocenters. The Bertz CT molecular complexity index is 348. The van der Waals surface area contributed by atoms with Crippen molar-refractivity contribution < 1.29 is 30.0 Å². The van der Waals surface area contributed by atoms with Gasteiger partial charge in [0.2, 0.25) is 5.91 Å². The predicted octanol–water partition coefficient (Wildman–Crippen LogP) is -3.00. The summed E-state index contributed by atoms with van der Waals surface area (Å²) in [5.74, 6) is -1.50. The van der Waals surface area contributed by atoms with E-state index < -0.39 is 42.3 Å². The number of nitrogens with two attached hydrogens (primary N) is 1. The number of rotatable bonds is 8. The van der Waals surface area contributed by atoms with Gasteiger partial charge in [-0.25, -0.2) is 0 Å². The fourth-order valence-corrected chi connectivity index (χ4v) is 1.49. The van der Waals surface area contributed by atoms with Gasteiger partial charge >= 0.3 is 0 Å². The largest absolute Gasteiger partial charge is 0.394 e. The first-order valence-electron chi connectivity index (χ1n) is 5.57. The quantitative estimate of drug-likeness (QED) is 0.204. The summed E-state index contributed by atoms with van der Waals surface area (Å²) in [6.07, 6.45) is -4.65. The van der Waals surface area contributed by atoms with Crippen LogP contribution in [0, 0.1) is 0 Å². The number of amides is 1. The van der Waals surface area contributed by atoms with Crippen LogP contribution in [-0.4, -0.2) is 62.7 Å². The highest BCUT2D eigenvalue weighted by atomic mass is 16.4. The smallest absolute Gasteiger partial charge is 0.218 e. The summed E-state index contributed by atoms with van der Waals surface area (Å²) in [7, 11) is 0. The van der Waals surface area contributed by atoms with E-state index in [9.17, 15) is 24.9 Å². The lowest BCUT2D eigenvalue weighted by molar-refractivity contribution is -0.147. The third kappa shape index (κ3) is 4.37. The zero-order chi connectivity index (χ0) is 15.2. The Hall–Kier alpha value is -1.32. The summed E-state index contributed by atoms with van der Waals surface area (Å²) >= 11 is 0. The fraction of sp³-hybridized carbons (Fsp3) is 0.636. The maximum atomic E-state index is 11.8. The first-order valence-corrected chi connectivity index (χ1v) is 5.57. The Morgan fingerprint density at radius 3 is 2.32 bits per heavy atom. The summed E-state index contributed by atoms with van der Waals surface area (Å²) in [6, 6.07) is 0. The maximum Gasteiger partial charge on any atom is 0.218 e. The van der Waals surface area contributed by atoms with Crippen molar-refractivity contribution in [3.63, 3.8) is 0 Å². The molecule has 7 N–H and O–H groups in total. The number of carbonyl (C=O) groups is 2. The van der Waals surface area contributed by atoms with Crippen LogP contribution in [0.4, 0.5) is 0 Å². The number of aliphatic hydroxyl groups excluding tert-OH is 4. The van der Waals surface area contributed by atoms with E-state index in [1.807, 2.05) is 5.32 Å². The first-order chi connectivity index (χ1) is 8.70. The van der Waals surface area contributed by atoms with Crippen LogP contribution in [0.25, 0.3) is 0 Å². The molecule has 1 amide bonds. The molecule has 0 aliphatic carbocycles. The van der Waals surface area contributed by atoms with Gasteiger partial charge in [-0.3, -0.25) is 9.59 Å². The number of hydrogen-bond acceptors (Lipinski definition) is 7. The monoisotopic (exact) mass is 276 g/mol. The van der Waals surface area contributed by atoms with Gasteiger partial charge in [0.05, 0.1) is 6.61 Å². The average molecular weight is 276 g/mol. The molecule has 0 bridgehead atoms. The summed E-state index contributed by atoms with van der Waals surface area (Å²) in [5, 5.41) is 39.4. The summed E-state index contributed by atoms with van der Waals surface area (Å²) < 4.78 is 0.